The summed E-state index contributed by atoms with van der Waals surface area (Å²) >= 11 is 0. The van der Waals surface area contributed by atoms with Gasteiger partial charge in [-0.2, -0.15) is 8.42 Å². The maximum Gasteiger partial charge on any atom is 0.311 e. The third-order valence-corrected chi connectivity index (χ3v) is 9.15. The highest BCUT2D eigenvalue weighted by atomic mass is 32.2. The quantitative estimate of drug-likeness (QED) is 0.0628. The molecular formula is C37H55N3O11S. The fourth-order valence-electron chi connectivity index (χ4n) is 5.28. The lowest BCUT2D eigenvalue weighted by atomic mass is 9.92. The number of anilines is 1. The summed E-state index contributed by atoms with van der Waals surface area (Å²) in [7, 11) is -4.05. The number of rotatable bonds is 23. The highest BCUT2D eigenvalue weighted by Crippen LogP contribution is 2.23. The smallest absolute Gasteiger partial charge is 0.311 e. The van der Waals surface area contributed by atoms with Crippen LogP contribution in [0.15, 0.2) is 30.4 Å². The number of benzene rings is 1. The highest BCUT2D eigenvalue weighted by molar-refractivity contribution is 7.85. The summed E-state index contributed by atoms with van der Waals surface area (Å²) in [5.41, 5.74) is 1.35. The molecule has 0 aromatic heterocycles. The number of Topliss-reactive ketones (excluding diaryl/α,β-unsaturated/α-hetero) is 1. The van der Waals surface area contributed by atoms with E-state index in [0.717, 1.165) is 16.0 Å². The number of hydrogen-bond acceptors (Lipinski definition) is 10. The van der Waals surface area contributed by atoms with Gasteiger partial charge in [-0.3, -0.25) is 38.2 Å². The SMILES string of the molecule is CC(C)[C@H](NC(=O)CCCCCN1C(=O)C=CC1=O)C(=O)C[C@@H](C)C(=O)Nc1ccc(COC(=O)C(C)(C)C)c(CCCOCCCS(=O)(=O)O)c1. The molecule has 0 saturated heterocycles. The Kier molecular flexibility index (Phi) is 17.8. The Balaban J connectivity index is 1.94. The van der Waals surface area contributed by atoms with Crippen molar-refractivity contribution in [3.05, 3.63) is 41.5 Å². The molecule has 0 spiro atoms. The fraction of sp³-hybridized carbons (Fsp3) is 0.622. The first kappa shape index (κ1) is 44.2. The van der Waals surface area contributed by atoms with Gasteiger partial charge in [0, 0.05) is 56.4 Å². The van der Waals surface area contributed by atoms with Crippen LogP contribution in [0.4, 0.5) is 5.69 Å². The molecule has 0 aliphatic carbocycles. The molecule has 15 heteroatoms. The van der Waals surface area contributed by atoms with E-state index in [1.807, 2.05) is 13.8 Å². The van der Waals surface area contributed by atoms with Crippen LogP contribution >= 0.6 is 0 Å². The van der Waals surface area contributed by atoms with E-state index in [-0.39, 0.29) is 86.1 Å². The number of hydrogen-bond donors (Lipinski definition) is 3. The zero-order chi connectivity index (χ0) is 39.1. The minimum Gasteiger partial charge on any atom is -0.460 e. The molecule has 52 heavy (non-hydrogen) atoms. The lowest BCUT2D eigenvalue weighted by molar-refractivity contribution is -0.154. The van der Waals surface area contributed by atoms with Crippen molar-refractivity contribution in [2.75, 3.05) is 30.8 Å². The summed E-state index contributed by atoms with van der Waals surface area (Å²) in [6.07, 6.45) is 5.49. The normalized spacial score (nSPS) is 14.4. The first-order valence-corrected chi connectivity index (χ1v) is 19.4. The van der Waals surface area contributed by atoms with Gasteiger partial charge in [0.15, 0.2) is 5.78 Å². The van der Waals surface area contributed by atoms with Crippen LogP contribution in [0.2, 0.25) is 0 Å². The molecular weight excluding hydrogens is 694 g/mol. The zero-order valence-electron chi connectivity index (χ0n) is 31.2. The van der Waals surface area contributed by atoms with Gasteiger partial charge in [0.1, 0.15) is 6.61 Å². The van der Waals surface area contributed by atoms with E-state index >= 15 is 0 Å². The first-order chi connectivity index (χ1) is 24.3. The van der Waals surface area contributed by atoms with E-state index in [9.17, 15) is 37.2 Å². The Morgan fingerprint density at radius 3 is 2.17 bits per heavy atom. The van der Waals surface area contributed by atoms with Crippen LogP contribution < -0.4 is 10.6 Å². The third kappa shape index (κ3) is 16.2. The van der Waals surface area contributed by atoms with Crippen LogP contribution in [0.5, 0.6) is 0 Å². The average Bonchev–Trinajstić information content (AvgIpc) is 3.37. The van der Waals surface area contributed by atoms with Gasteiger partial charge < -0.3 is 20.1 Å². The molecule has 290 valence electrons. The number of esters is 1. The van der Waals surface area contributed by atoms with Gasteiger partial charge >= 0.3 is 5.97 Å². The second-order valence-corrected chi connectivity index (χ2v) is 16.1. The molecule has 0 fully saturated rings. The number of carbonyl (C=O) groups is 6. The van der Waals surface area contributed by atoms with Crippen molar-refractivity contribution in [3.63, 3.8) is 0 Å². The number of imide groups is 1. The Labute approximate surface area is 307 Å². The van der Waals surface area contributed by atoms with Gasteiger partial charge in [0.25, 0.3) is 21.9 Å². The zero-order valence-corrected chi connectivity index (χ0v) is 32.0. The fourth-order valence-corrected chi connectivity index (χ4v) is 5.77. The van der Waals surface area contributed by atoms with Crippen LogP contribution in [-0.2, 0) is 61.4 Å². The van der Waals surface area contributed by atoms with Crippen LogP contribution in [0, 0.1) is 17.3 Å². The number of aryl methyl sites for hydroxylation is 1. The standard InChI is InChI=1S/C37H55N3O11S/c1-25(2)34(39-31(42)13-8-7-9-18-40-32(43)16-17-33(40)44)30(41)22-26(3)35(45)38-29-15-14-28(24-51-36(46)37(4,5)6)27(23-29)12-10-19-50-20-11-21-52(47,48)49/h14-17,23,25-26,34H,7-13,18-22,24H2,1-6H3,(H,38,45)(H,39,42)(H,47,48,49)/t26-,34+/m1/s1. The number of nitrogens with one attached hydrogen (secondary N) is 2. The molecule has 4 amide bonds. The molecule has 1 aliphatic rings. The summed E-state index contributed by atoms with van der Waals surface area (Å²) in [4.78, 5) is 76.0. The summed E-state index contributed by atoms with van der Waals surface area (Å²) in [5, 5.41) is 5.67. The van der Waals surface area contributed by atoms with Crippen LogP contribution in [0.1, 0.15) is 97.6 Å². The monoisotopic (exact) mass is 749 g/mol. The van der Waals surface area contributed by atoms with Crippen molar-refractivity contribution in [2.45, 2.75) is 106 Å². The largest absolute Gasteiger partial charge is 0.460 e. The second-order valence-electron chi connectivity index (χ2n) is 14.5. The van der Waals surface area contributed by atoms with E-state index in [2.05, 4.69) is 10.6 Å². The van der Waals surface area contributed by atoms with E-state index in [4.69, 9.17) is 14.0 Å². The molecule has 0 saturated carbocycles. The Morgan fingerprint density at radius 1 is 0.904 bits per heavy atom. The maximum absolute atomic E-state index is 13.3. The number of nitrogens with zero attached hydrogens (tertiary/aromatic N) is 1. The Morgan fingerprint density at radius 2 is 1.56 bits per heavy atom. The van der Waals surface area contributed by atoms with Gasteiger partial charge in [0.05, 0.1) is 17.2 Å². The Hall–Kier alpha value is -3.95. The van der Waals surface area contributed by atoms with Gasteiger partial charge in [-0.15, -0.1) is 0 Å². The molecule has 0 unspecified atom stereocenters. The number of amides is 4. The summed E-state index contributed by atoms with van der Waals surface area (Å²) in [6.45, 7) is 11.3. The van der Waals surface area contributed by atoms with Crippen molar-refractivity contribution in [2.24, 2.45) is 17.3 Å². The van der Waals surface area contributed by atoms with Crippen molar-refractivity contribution in [3.8, 4) is 0 Å². The number of unbranched alkanes of at least 4 members (excludes halogenated alkanes) is 2. The van der Waals surface area contributed by atoms with E-state index in [1.54, 1.807) is 45.9 Å². The minimum atomic E-state index is -4.05. The van der Waals surface area contributed by atoms with Gasteiger partial charge in [-0.25, -0.2) is 0 Å². The molecule has 0 bridgehead atoms. The maximum atomic E-state index is 13.3. The molecule has 2 atom stereocenters. The van der Waals surface area contributed by atoms with E-state index < -0.39 is 27.5 Å². The van der Waals surface area contributed by atoms with Gasteiger partial charge in [-0.1, -0.05) is 33.3 Å². The molecule has 3 N–H and O–H groups in total. The van der Waals surface area contributed by atoms with Gasteiger partial charge in [-0.05, 0) is 82.1 Å². The molecule has 14 nitrogen and oxygen atoms in total. The second kappa shape index (κ2) is 20.9. The van der Waals surface area contributed by atoms with Crippen LogP contribution in [-0.4, -0.2) is 84.8 Å². The minimum absolute atomic E-state index is 0.0282. The summed E-state index contributed by atoms with van der Waals surface area (Å²) in [5.74, 6) is -3.27. The van der Waals surface area contributed by atoms with Crippen molar-refractivity contribution < 1.29 is 51.2 Å². The Bertz CT molecular complexity index is 1550. The topological polar surface area (TPSA) is 203 Å². The number of ether oxygens (including phenoxy) is 2. The highest BCUT2D eigenvalue weighted by Gasteiger charge is 2.28. The van der Waals surface area contributed by atoms with Crippen molar-refractivity contribution >= 4 is 51.2 Å². The van der Waals surface area contributed by atoms with Crippen LogP contribution in [0.3, 0.4) is 0 Å². The average molecular weight is 750 g/mol. The molecule has 0 radical (unpaired) electrons. The molecule has 1 aromatic carbocycles. The first-order valence-electron chi connectivity index (χ1n) is 17.8. The number of carbonyl (C=O) groups excluding carboxylic acids is 6. The van der Waals surface area contributed by atoms with Crippen molar-refractivity contribution in [1.82, 2.24) is 10.2 Å². The third-order valence-electron chi connectivity index (χ3n) is 8.34. The molecule has 2 rings (SSSR count). The predicted octanol–water partition coefficient (Wildman–Crippen LogP) is 4.16. The summed E-state index contributed by atoms with van der Waals surface area (Å²) < 4.78 is 41.7. The van der Waals surface area contributed by atoms with E-state index in [0.29, 0.717) is 44.4 Å². The lowest BCUT2D eigenvalue weighted by Crippen LogP contribution is -2.45. The van der Waals surface area contributed by atoms with Gasteiger partial charge in [0.2, 0.25) is 11.8 Å². The predicted molar refractivity (Wildman–Crippen MR) is 194 cm³/mol. The molecule has 1 heterocycles. The molecule has 1 aromatic rings. The van der Waals surface area contributed by atoms with Crippen LogP contribution in [0.25, 0.3) is 0 Å². The lowest BCUT2D eigenvalue weighted by Gasteiger charge is -2.23. The van der Waals surface area contributed by atoms with Crippen molar-refractivity contribution in [1.29, 1.82) is 0 Å². The number of ketones is 1. The summed E-state index contributed by atoms with van der Waals surface area (Å²) in [6, 6.07) is 4.46. The molecule has 1 aliphatic heterocycles. The van der Waals surface area contributed by atoms with E-state index in [1.165, 1.54) is 12.2 Å².